The number of hydrogen-bond acceptors (Lipinski definition) is 2. The van der Waals surface area contributed by atoms with E-state index in [2.05, 4.69) is 0 Å². The quantitative estimate of drug-likeness (QED) is 0.902. The van der Waals surface area contributed by atoms with Gasteiger partial charge in [-0.2, -0.15) is 24.9 Å². The summed E-state index contributed by atoms with van der Waals surface area (Å²) in [5, 5.41) is 10.1. The fraction of sp³-hybridized carbons (Fsp3) is 0.600. The molecule has 1 atom stereocenters. The minimum atomic E-state index is -4.32. The molecule has 0 amide bonds. The summed E-state index contributed by atoms with van der Waals surface area (Å²) in [6, 6.07) is 5.26. The lowest BCUT2D eigenvalue weighted by Gasteiger charge is -2.24. The average molecular weight is 304 g/mol. The molecule has 0 aromatic heterocycles. The number of halogens is 3. The fourth-order valence-electron chi connectivity index (χ4n) is 2.60. The van der Waals surface area contributed by atoms with Crippen molar-refractivity contribution < 1.29 is 18.3 Å². The number of thioether (sulfide) groups is 1. The highest BCUT2D eigenvalue weighted by atomic mass is 32.2. The Balaban J connectivity index is 1.92. The van der Waals surface area contributed by atoms with E-state index < -0.39 is 17.8 Å². The van der Waals surface area contributed by atoms with Gasteiger partial charge in [-0.25, -0.2) is 0 Å². The van der Waals surface area contributed by atoms with Crippen LogP contribution in [0.5, 0.6) is 0 Å². The van der Waals surface area contributed by atoms with Crippen LogP contribution in [0.3, 0.4) is 0 Å². The van der Waals surface area contributed by atoms with E-state index in [4.69, 9.17) is 0 Å². The van der Waals surface area contributed by atoms with Crippen molar-refractivity contribution >= 4 is 11.8 Å². The molecule has 0 bridgehead atoms. The number of hydrogen-bond donors (Lipinski definition) is 1. The van der Waals surface area contributed by atoms with Crippen molar-refractivity contribution in [1.29, 1.82) is 0 Å². The Morgan fingerprint density at radius 2 is 1.95 bits per heavy atom. The summed E-state index contributed by atoms with van der Waals surface area (Å²) in [5.74, 6) is 2.76. The van der Waals surface area contributed by atoms with Crippen molar-refractivity contribution in [3.63, 3.8) is 0 Å². The lowest BCUT2D eigenvalue weighted by atomic mass is 9.92. The summed E-state index contributed by atoms with van der Waals surface area (Å²) in [5.41, 5.74) is -0.0891. The largest absolute Gasteiger partial charge is 0.416 e. The Labute approximate surface area is 121 Å². The van der Waals surface area contributed by atoms with Crippen molar-refractivity contribution in [2.45, 2.75) is 38.0 Å². The van der Waals surface area contributed by atoms with Crippen LogP contribution in [-0.4, -0.2) is 22.7 Å². The molecule has 0 aliphatic carbocycles. The van der Waals surface area contributed by atoms with Gasteiger partial charge in [-0.3, -0.25) is 0 Å². The monoisotopic (exact) mass is 304 g/mol. The van der Waals surface area contributed by atoms with E-state index in [-0.39, 0.29) is 0 Å². The second kappa shape index (κ2) is 6.85. The zero-order valence-corrected chi connectivity index (χ0v) is 12.0. The number of rotatable bonds is 4. The molecule has 1 nitrogen and oxygen atoms in total. The van der Waals surface area contributed by atoms with Crippen molar-refractivity contribution in [3.8, 4) is 0 Å². The van der Waals surface area contributed by atoms with E-state index in [1.165, 1.54) is 6.07 Å². The Hall–Kier alpha value is -0.680. The van der Waals surface area contributed by atoms with Crippen molar-refractivity contribution in [3.05, 3.63) is 35.4 Å². The molecule has 1 N–H and O–H groups in total. The number of benzene rings is 1. The van der Waals surface area contributed by atoms with Crippen LogP contribution in [0.1, 0.15) is 30.4 Å². The first-order chi connectivity index (χ1) is 9.45. The van der Waals surface area contributed by atoms with Gasteiger partial charge in [0, 0.05) is 0 Å². The summed E-state index contributed by atoms with van der Waals surface area (Å²) >= 11 is 1.93. The molecule has 1 fully saturated rings. The van der Waals surface area contributed by atoms with Gasteiger partial charge >= 0.3 is 6.18 Å². The van der Waals surface area contributed by atoms with Crippen LogP contribution in [0, 0.1) is 5.92 Å². The van der Waals surface area contributed by atoms with Crippen LogP contribution < -0.4 is 0 Å². The maximum Gasteiger partial charge on any atom is 0.416 e. The molecule has 1 unspecified atom stereocenters. The third-order valence-electron chi connectivity index (χ3n) is 3.67. The van der Waals surface area contributed by atoms with Crippen LogP contribution in [-0.2, 0) is 12.6 Å². The van der Waals surface area contributed by atoms with Crippen molar-refractivity contribution in [2.75, 3.05) is 11.5 Å². The molecule has 1 aliphatic heterocycles. The molecule has 1 aromatic rings. The van der Waals surface area contributed by atoms with E-state index in [9.17, 15) is 18.3 Å². The van der Waals surface area contributed by atoms with Gasteiger partial charge in [0.05, 0.1) is 11.7 Å². The molecule has 0 spiro atoms. The first kappa shape index (κ1) is 15.7. The molecule has 0 radical (unpaired) electrons. The molecule has 1 saturated heterocycles. The van der Waals surface area contributed by atoms with Gasteiger partial charge in [-0.05, 0) is 54.7 Å². The maximum atomic E-state index is 12.6. The van der Waals surface area contributed by atoms with Crippen LogP contribution >= 0.6 is 11.8 Å². The summed E-state index contributed by atoms with van der Waals surface area (Å²) in [7, 11) is 0. The summed E-state index contributed by atoms with van der Waals surface area (Å²) in [6.45, 7) is 0. The second-order valence-electron chi connectivity index (χ2n) is 5.35. The Bertz CT molecular complexity index is 427. The topological polar surface area (TPSA) is 20.2 Å². The lowest BCUT2D eigenvalue weighted by Crippen LogP contribution is -2.19. The number of aliphatic hydroxyl groups excluding tert-OH is 1. The van der Waals surface area contributed by atoms with E-state index in [1.807, 2.05) is 11.8 Å². The van der Waals surface area contributed by atoms with Crippen molar-refractivity contribution in [1.82, 2.24) is 0 Å². The molecule has 0 saturated carbocycles. The standard InChI is InChI=1S/C15H19F3OS/c16-15(17,18)13-3-1-2-12(8-13)10-14(19)9-11-4-6-20-7-5-11/h1-3,8,11,14,19H,4-7,9-10H2. The molecular weight excluding hydrogens is 285 g/mol. The smallest absolute Gasteiger partial charge is 0.393 e. The number of aliphatic hydroxyl groups is 1. The third-order valence-corrected chi connectivity index (χ3v) is 4.72. The van der Waals surface area contributed by atoms with E-state index in [0.717, 1.165) is 36.5 Å². The van der Waals surface area contributed by atoms with Gasteiger partial charge in [-0.15, -0.1) is 0 Å². The van der Waals surface area contributed by atoms with Gasteiger partial charge in [0.15, 0.2) is 0 Å². The lowest BCUT2D eigenvalue weighted by molar-refractivity contribution is -0.137. The third kappa shape index (κ3) is 4.70. The van der Waals surface area contributed by atoms with Crippen LogP contribution in [0.25, 0.3) is 0 Å². The Kier molecular flexibility index (Phi) is 5.38. The average Bonchev–Trinajstić information content (AvgIpc) is 2.39. The van der Waals surface area contributed by atoms with Gasteiger partial charge < -0.3 is 5.11 Å². The van der Waals surface area contributed by atoms with E-state index in [0.29, 0.717) is 24.3 Å². The summed E-state index contributed by atoms with van der Waals surface area (Å²) < 4.78 is 37.8. The first-order valence-corrected chi connectivity index (χ1v) is 8.02. The molecular formula is C15H19F3OS. The normalized spacial score (nSPS) is 19.0. The molecule has 20 heavy (non-hydrogen) atoms. The SMILES string of the molecule is OC(Cc1cccc(C(F)(F)F)c1)CC1CCSCC1. The van der Waals surface area contributed by atoms with Crippen LogP contribution in [0.4, 0.5) is 13.2 Å². The zero-order valence-electron chi connectivity index (χ0n) is 11.2. The van der Waals surface area contributed by atoms with Gasteiger partial charge in [0.2, 0.25) is 0 Å². The van der Waals surface area contributed by atoms with E-state index >= 15 is 0 Å². The predicted molar refractivity (Wildman–Crippen MR) is 75.8 cm³/mol. The minimum absolute atomic E-state index is 0.299. The van der Waals surface area contributed by atoms with E-state index in [1.54, 1.807) is 6.07 Å². The molecule has 1 aromatic carbocycles. The van der Waals surface area contributed by atoms with Crippen LogP contribution in [0.15, 0.2) is 24.3 Å². The Morgan fingerprint density at radius 3 is 2.60 bits per heavy atom. The summed E-state index contributed by atoms with van der Waals surface area (Å²) in [4.78, 5) is 0. The maximum absolute atomic E-state index is 12.6. The highest BCUT2D eigenvalue weighted by molar-refractivity contribution is 7.99. The highest BCUT2D eigenvalue weighted by Gasteiger charge is 2.30. The molecule has 5 heteroatoms. The fourth-order valence-corrected chi connectivity index (χ4v) is 3.80. The predicted octanol–water partition coefficient (Wildman–Crippen LogP) is 4.14. The Morgan fingerprint density at radius 1 is 1.25 bits per heavy atom. The van der Waals surface area contributed by atoms with Crippen LogP contribution in [0.2, 0.25) is 0 Å². The van der Waals surface area contributed by atoms with Gasteiger partial charge in [0.1, 0.15) is 0 Å². The first-order valence-electron chi connectivity index (χ1n) is 6.87. The van der Waals surface area contributed by atoms with Crippen molar-refractivity contribution in [2.24, 2.45) is 5.92 Å². The number of alkyl halides is 3. The van der Waals surface area contributed by atoms with Gasteiger partial charge in [-0.1, -0.05) is 18.2 Å². The minimum Gasteiger partial charge on any atom is -0.393 e. The summed E-state index contributed by atoms with van der Waals surface area (Å²) in [6.07, 6.45) is -1.67. The molecule has 1 aliphatic rings. The second-order valence-corrected chi connectivity index (χ2v) is 6.57. The highest BCUT2D eigenvalue weighted by Crippen LogP contribution is 2.30. The molecule has 1 heterocycles. The molecule has 2 rings (SSSR count). The van der Waals surface area contributed by atoms with Gasteiger partial charge in [0.25, 0.3) is 0 Å². The zero-order chi connectivity index (χ0) is 14.6. The molecule has 112 valence electrons.